The fourth-order valence-electron chi connectivity index (χ4n) is 1.19. The molecule has 70 valence electrons. The second-order valence-electron chi connectivity index (χ2n) is 2.66. The first-order valence-corrected chi connectivity index (χ1v) is 4.07. The van der Waals surface area contributed by atoms with Gasteiger partial charge in [-0.1, -0.05) is 6.92 Å². The van der Waals surface area contributed by atoms with Crippen LogP contribution in [0.1, 0.15) is 22.8 Å². The highest BCUT2D eigenvalue weighted by molar-refractivity contribution is 5.87. The molecule has 0 fully saturated rings. The van der Waals surface area contributed by atoms with E-state index in [1.54, 1.807) is 19.2 Å². The molecular weight excluding hydrogens is 168 g/mol. The van der Waals surface area contributed by atoms with Gasteiger partial charge in [-0.2, -0.15) is 0 Å². The Morgan fingerprint density at radius 1 is 1.54 bits per heavy atom. The Hall–Kier alpha value is -1.51. The number of methoxy groups -OCH3 is 1. The zero-order valence-electron chi connectivity index (χ0n) is 7.66. The first-order valence-electron chi connectivity index (χ1n) is 4.07. The molecular formula is C10H11O3-. The first kappa shape index (κ1) is 9.58. The van der Waals surface area contributed by atoms with Gasteiger partial charge >= 0.3 is 0 Å². The number of carboxylic acids is 1. The van der Waals surface area contributed by atoms with Crippen LogP contribution in [0, 0.1) is 0 Å². The number of carbonyl (C=O) groups is 1. The van der Waals surface area contributed by atoms with Crippen LogP contribution in [0.15, 0.2) is 18.2 Å². The van der Waals surface area contributed by atoms with E-state index in [0.29, 0.717) is 12.2 Å². The minimum atomic E-state index is -1.14. The Balaban J connectivity index is 3.15. The standard InChI is InChI=1S/C10H12O3/c1-3-7-6-8(13-2)4-5-9(7)10(11)12/h4-6H,3H2,1-2H3,(H,11,12)/p-1. The van der Waals surface area contributed by atoms with Crippen molar-refractivity contribution in [1.82, 2.24) is 0 Å². The molecule has 0 saturated heterocycles. The molecule has 0 unspecified atom stereocenters. The maximum Gasteiger partial charge on any atom is 0.119 e. The smallest absolute Gasteiger partial charge is 0.119 e. The monoisotopic (exact) mass is 179 g/mol. The lowest BCUT2D eigenvalue weighted by Crippen LogP contribution is -2.23. The summed E-state index contributed by atoms with van der Waals surface area (Å²) in [4.78, 5) is 10.6. The molecule has 0 aliphatic heterocycles. The molecule has 0 N–H and O–H groups in total. The van der Waals surface area contributed by atoms with Crippen LogP contribution in [0.25, 0.3) is 0 Å². The summed E-state index contributed by atoms with van der Waals surface area (Å²) in [6.07, 6.45) is 0.653. The van der Waals surface area contributed by atoms with Crippen molar-refractivity contribution in [2.75, 3.05) is 7.11 Å². The fraction of sp³-hybridized carbons (Fsp3) is 0.300. The van der Waals surface area contributed by atoms with E-state index in [4.69, 9.17) is 4.74 Å². The van der Waals surface area contributed by atoms with Crippen molar-refractivity contribution >= 4 is 5.97 Å². The molecule has 3 nitrogen and oxygen atoms in total. The van der Waals surface area contributed by atoms with Crippen LogP contribution in [0.3, 0.4) is 0 Å². The summed E-state index contributed by atoms with van der Waals surface area (Å²) in [5.74, 6) is -0.471. The lowest BCUT2D eigenvalue weighted by molar-refractivity contribution is -0.255. The predicted octanol–water partition coefficient (Wildman–Crippen LogP) is 0.621. The molecule has 1 aromatic rings. The summed E-state index contributed by atoms with van der Waals surface area (Å²) in [5, 5.41) is 10.6. The maximum absolute atomic E-state index is 10.6. The van der Waals surface area contributed by atoms with Gasteiger partial charge in [-0.25, -0.2) is 0 Å². The Kier molecular flexibility index (Phi) is 2.90. The Bertz CT molecular complexity index is 318. The largest absolute Gasteiger partial charge is 0.545 e. The Labute approximate surface area is 77.0 Å². The molecule has 3 heteroatoms. The normalized spacial score (nSPS) is 9.69. The van der Waals surface area contributed by atoms with Gasteiger partial charge in [0.2, 0.25) is 0 Å². The second-order valence-corrected chi connectivity index (χ2v) is 2.66. The van der Waals surface area contributed by atoms with Crippen molar-refractivity contribution in [1.29, 1.82) is 0 Å². The number of rotatable bonds is 3. The quantitative estimate of drug-likeness (QED) is 0.683. The summed E-state index contributed by atoms with van der Waals surface area (Å²) in [6.45, 7) is 1.89. The van der Waals surface area contributed by atoms with Crippen LogP contribution in [-0.2, 0) is 6.42 Å². The fourth-order valence-corrected chi connectivity index (χ4v) is 1.19. The molecule has 0 atom stereocenters. The predicted molar refractivity (Wildman–Crippen MR) is 46.7 cm³/mol. The van der Waals surface area contributed by atoms with Gasteiger partial charge in [0.25, 0.3) is 0 Å². The molecule has 0 radical (unpaired) electrons. The van der Waals surface area contributed by atoms with Gasteiger partial charge in [0.1, 0.15) is 5.75 Å². The van der Waals surface area contributed by atoms with E-state index >= 15 is 0 Å². The highest BCUT2D eigenvalue weighted by Crippen LogP contribution is 2.17. The number of aromatic carboxylic acids is 1. The van der Waals surface area contributed by atoms with E-state index in [9.17, 15) is 9.90 Å². The molecule has 1 rings (SSSR count). The molecule has 0 saturated carbocycles. The lowest BCUT2D eigenvalue weighted by Gasteiger charge is -2.10. The van der Waals surface area contributed by atoms with E-state index in [1.807, 2.05) is 6.92 Å². The SMILES string of the molecule is CCc1cc(OC)ccc1C(=O)[O-]. The van der Waals surface area contributed by atoms with Crippen LogP contribution >= 0.6 is 0 Å². The van der Waals surface area contributed by atoms with Gasteiger partial charge in [-0.05, 0) is 30.2 Å². The van der Waals surface area contributed by atoms with Crippen LogP contribution in [0.2, 0.25) is 0 Å². The summed E-state index contributed by atoms with van der Waals surface area (Å²) >= 11 is 0. The minimum absolute atomic E-state index is 0.239. The summed E-state index contributed by atoms with van der Waals surface area (Å²) in [7, 11) is 1.55. The van der Waals surface area contributed by atoms with Gasteiger partial charge in [-0.3, -0.25) is 0 Å². The topological polar surface area (TPSA) is 49.4 Å². The van der Waals surface area contributed by atoms with Gasteiger partial charge in [0, 0.05) is 5.56 Å². The molecule has 0 spiro atoms. The van der Waals surface area contributed by atoms with Crippen molar-refractivity contribution in [2.24, 2.45) is 0 Å². The number of ether oxygens (including phenoxy) is 1. The van der Waals surface area contributed by atoms with E-state index in [0.717, 1.165) is 5.56 Å². The molecule has 0 bridgehead atoms. The number of carbonyl (C=O) groups excluding carboxylic acids is 1. The summed E-state index contributed by atoms with van der Waals surface area (Å²) < 4.78 is 4.98. The minimum Gasteiger partial charge on any atom is -0.545 e. The third-order valence-corrected chi connectivity index (χ3v) is 1.91. The molecule has 0 amide bonds. The van der Waals surface area contributed by atoms with Crippen molar-refractivity contribution in [3.8, 4) is 5.75 Å². The summed E-state index contributed by atoms with van der Waals surface area (Å²) in [5.41, 5.74) is 0.975. The van der Waals surface area contributed by atoms with Crippen molar-refractivity contribution < 1.29 is 14.6 Å². The number of carboxylic acid groups (broad SMARTS) is 1. The maximum atomic E-state index is 10.6. The van der Waals surface area contributed by atoms with Crippen molar-refractivity contribution in [2.45, 2.75) is 13.3 Å². The first-order chi connectivity index (χ1) is 6.19. The van der Waals surface area contributed by atoms with Crippen molar-refractivity contribution in [3.63, 3.8) is 0 Å². The molecule has 0 heterocycles. The van der Waals surface area contributed by atoms with Crippen LogP contribution < -0.4 is 9.84 Å². The number of hydrogen-bond donors (Lipinski definition) is 0. The van der Waals surface area contributed by atoms with Crippen molar-refractivity contribution in [3.05, 3.63) is 29.3 Å². The molecule has 0 aliphatic carbocycles. The Morgan fingerprint density at radius 3 is 2.69 bits per heavy atom. The van der Waals surface area contributed by atoms with Crippen LogP contribution in [0.5, 0.6) is 5.75 Å². The second kappa shape index (κ2) is 3.94. The van der Waals surface area contributed by atoms with E-state index < -0.39 is 5.97 Å². The third kappa shape index (κ3) is 1.99. The molecule has 13 heavy (non-hydrogen) atoms. The zero-order chi connectivity index (χ0) is 9.84. The van der Waals surface area contributed by atoms with Crippen LogP contribution in [0.4, 0.5) is 0 Å². The average molecular weight is 179 g/mol. The number of benzene rings is 1. The van der Waals surface area contributed by atoms with Crippen LogP contribution in [-0.4, -0.2) is 13.1 Å². The highest BCUT2D eigenvalue weighted by atomic mass is 16.5. The number of hydrogen-bond acceptors (Lipinski definition) is 3. The van der Waals surface area contributed by atoms with Gasteiger partial charge in [0.15, 0.2) is 0 Å². The van der Waals surface area contributed by atoms with Gasteiger partial charge in [-0.15, -0.1) is 0 Å². The van der Waals surface area contributed by atoms with Gasteiger partial charge in [0.05, 0.1) is 13.1 Å². The highest BCUT2D eigenvalue weighted by Gasteiger charge is 2.02. The van der Waals surface area contributed by atoms with E-state index in [-0.39, 0.29) is 5.56 Å². The molecule has 0 aliphatic rings. The van der Waals surface area contributed by atoms with E-state index in [1.165, 1.54) is 6.07 Å². The number of aryl methyl sites for hydroxylation is 1. The average Bonchev–Trinajstić information content (AvgIpc) is 2.16. The molecule has 1 aromatic carbocycles. The zero-order valence-corrected chi connectivity index (χ0v) is 7.66. The van der Waals surface area contributed by atoms with Gasteiger partial charge < -0.3 is 14.6 Å². The summed E-state index contributed by atoms with van der Waals surface area (Å²) in [6, 6.07) is 4.84. The lowest BCUT2D eigenvalue weighted by atomic mass is 10.1. The van der Waals surface area contributed by atoms with E-state index in [2.05, 4.69) is 0 Å². The third-order valence-electron chi connectivity index (χ3n) is 1.91. The Morgan fingerprint density at radius 2 is 2.23 bits per heavy atom. The molecule has 0 aromatic heterocycles.